The van der Waals surface area contributed by atoms with Crippen LogP contribution in [0.4, 0.5) is 5.95 Å². The van der Waals surface area contributed by atoms with Gasteiger partial charge in [0.1, 0.15) is 6.04 Å². The van der Waals surface area contributed by atoms with Crippen LogP contribution in [0.25, 0.3) is 0 Å². The Morgan fingerprint density at radius 1 is 1.62 bits per heavy atom. The molecule has 6 nitrogen and oxygen atoms in total. The van der Waals surface area contributed by atoms with E-state index in [9.17, 15) is 4.79 Å². The number of nitrogens with zero attached hydrogens (tertiary/aromatic N) is 3. The molecule has 1 atom stereocenters. The highest BCUT2D eigenvalue weighted by Gasteiger charge is 2.33. The molecule has 0 aromatic carbocycles. The zero-order valence-corrected chi connectivity index (χ0v) is 9.38. The first-order valence-corrected chi connectivity index (χ1v) is 5.42. The molecule has 0 bridgehead atoms. The molecule has 6 heteroatoms. The molecule has 0 unspecified atom stereocenters. The fourth-order valence-electron chi connectivity index (χ4n) is 1.84. The summed E-state index contributed by atoms with van der Waals surface area (Å²) in [7, 11) is 0. The summed E-state index contributed by atoms with van der Waals surface area (Å²) >= 11 is 0. The molecule has 1 aliphatic heterocycles. The summed E-state index contributed by atoms with van der Waals surface area (Å²) in [6, 6.07) is -0.516. The molecule has 0 amide bonds. The highest BCUT2D eigenvalue weighted by molar-refractivity contribution is 5.77. The lowest BCUT2D eigenvalue weighted by atomic mass is 10.2. The Morgan fingerprint density at radius 2 is 2.38 bits per heavy atom. The molecule has 1 aromatic heterocycles. The molecule has 1 aromatic rings. The van der Waals surface area contributed by atoms with Gasteiger partial charge in [-0.05, 0) is 18.0 Å². The maximum Gasteiger partial charge on any atom is 0.326 e. The predicted octanol–water partition coefficient (Wildman–Crippen LogP) is 1.25. The van der Waals surface area contributed by atoms with E-state index in [1.54, 1.807) is 4.90 Å². The largest absolute Gasteiger partial charge is 0.480 e. The average molecular weight is 225 g/mol. The number of carboxylic acids is 1. The number of aliphatic carboxylic acids is 1. The van der Waals surface area contributed by atoms with Gasteiger partial charge in [-0.1, -0.05) is 13.8 Å². The fourth-order valence-corrected chi connectivity index (χ4v) is 1.84. The number of carbonyl (C=O) groups is 1. The average Bonchev–Trinajstić information content (AvgIpc) is 2.86. The molecule has 1 fully saturated rings. The van der Waals surface area contributed by atoms with Crippen molar-refractivity contribution in [2.24, 2.45) is 0 Å². The quantitative estimate of drug-likeness (QED) is 0.833. The van der Waals surface area contributed by atoms with Crippen LogP contribution < -0.4 is 4.90 Å². The topological polar surface area (TPSA) is 79.5 Å². The van der Waals surface area contributed by atoms with Crippen LogP contribution in [0.1, 0.15) is 38.5 Å². The molecule has 2 heterocycles. The normalized spacial score (nSPS) is 20.7. The van der Waals surface area contributed by atoms with Gasteiger partial charge < -0.3 is 14.5 Å². The second-order valence-corrected chi connectivity index (χ2v) is 4.28. The maximum atomic E-state index is 11.0. The van der Waals surface area contributed by atoms with Gasteiger partial charge in [0.05, 0.1) is 0 Å². The van der Waals surface area contributed by atoms with Gasteiger partial charge in [0.15, 0.2) is 0 Å². The van der Waals surface area contributed by atoms with Crippen LogP contribution >= 0.6 is 0 Å². The number of hydrogen-bond acceptors (Lipinski definition) is 5. The van der Waals surface area contributed by atoms with Crippen LogP contribution in [-0.2, 0) is 4.79 Å². The van der Waals surface area contributed by atoms with Crippen molar-refractivity contribution in [1.29, 1.82) is 0 Å². The Kier molecular flexibility index (Phi) is 2.80. The Morgan fingerprint density at radius 3 is 2.94 bits per heavy atom. The van der Waals surface area contributed by atoms with E-state index in [0.717, 1.165) is 6.42 Å². The fraction of sp³-hybridized carbons (Fsp3) is 0.700. The Hall–Kier alpha value is -1.59. The van der Waals surface area contributed by atoms with Gasteiger partial charge in [-0.15, -0.1) is 0 Å². The molecule has 0 aliphatic carbocycles. The van der Waals surface area contributed by atoms with Gasteiger partial charge in [-0.3, -0.25) is 0 Å². The van der Waals surface area contributed by atoms with Crippen LogP contribution in [0.5, 0.6) is 0 Å². The van der Waals surface area contributed by atoms with Crippen molar-refractivity contribution in [1.82, 2.24) is 10.1 Å². The van der Waals surface area contributed by atoms with Crippen molar-refractivity contribution in [3.8, 4) is 0 Å². The summed E-state index contributed by atoms with van der Waals surface area (Å²) < 4.78 is 5.07. The van der Waals surface area contributed by atoms with Crippen LogP contribution in [-0.4, -0.2) is 33.8 Å². The molecule has 0 radical (unpaired) electrons. The summed E-state index contributed by atoms with van der Waals surface area (Å²) in [6.45, 7) is 4.58. The maximum absolute atomic E-state index is 11.0. The highest BCUT2D eigenvalue weighted by atomic mass is 16.5. The molecular weight excluding hydrogens is 210 g/mol. The third-order valence-electron chi connectivity index (χ3n) is 2.72. The van der Waals surface area contributed by atoms with E-state index in [1.807, 2.05) is 13.8 Å². The van der Waals surface area contributed by atoms with E-state index in [1.165, 1.54) is 0 Å². The molecule has 0 spiro atoms. The second kappa shape index (κ2) is 4.11. The van der Waals surface area contributed by atoms with E-state index in [0.29, 0.717) is 24.8 Å². The van der Waals surface area contributed by atoms with Gasteiger partial charge in [0, 0.05) is 12.5 Å². The summed E-state index contributed by atoms with van der Waals surface area (Å²) in [4.78, 5) is 16.9. The Balaban J connectivity index is 2.19. The van der Waals surface area contributed by atoms with Crippen molar-refractivity contribution < 1.29 is 14.4 Å². The van der Waals surface area contributed by atoms with Crippen LogP contribution in [0.15, 0.2) is 4.52 Å². The zero-order valence-electron chi connectivity index (χ0n) is 9.38. The third-order valence-corrected chi connectivity index (χ3v) is 2.72. The molecule has 1 saturated heterocycles. The number of aromatic nitrogens is 2. The van der Waals surface area contributed by atoms with Crippen LogP contribution in [0.2, 0.25) is 0 Å². The van der Waals surface area contributed by atoms with Crippen LogP contribution in [0.3, 0.4) is 0 Å². The minimum absolute atomic E-state index is 0.159. The molecule has 88 valence electrons. The molecule has 16 heavy (non-hydrogen) atoms. The summed E-state index contributed by atoms with van der Waals surface area (Å²) in [5.74, 6) is 0.278. The van der Waals surface area contributed by atoms with E-state index < -0.39 is 12.0 Å². The zero-order chi connectivity index (χ0) is 11.7. The molecule has 1 N–H and O–H groups in total. The van der Waals surface area contributed by atoms with Crippen molar-refractivity contribution >= 4 is 11.9 Å². The smallest absolute Gasteiger partial charge is 0.326 e. The summed E-state index contributed by atoms with van der Waals surface area (Å²) in [5.41, 5.74) is 0. The minimum atomic E-state index is -0.826. The molecule has 0 saturated carbocycles. The third kappa shape index (κ3) is 1.87. The molecule has 1 aliphatic rings. The van der Waals surface area contributed by atoms with Gasteiger partial charge in [0.25, 0.3) is 5.95 Å². The lowest BCUT2D eigenvalue weighted by molar-refractivity contribution is -0.138. The number of rotatable bonds is 3. The Labute approximate surface area is 93.2 Å². The van der Waals surface area contributed by atoms with Gasteiger partial charge >= 0.3 is 5.97 Å². The first-order valence-electron chi connectivity index (χ1n) is 5.42. The summed E-state index contributed by atoms with van der Waals surface area (Å²) in [6.07, 6.45) is 1.49. The van der Waals surface area contributed by atoms with Crippen LogP contribution in [0, 0.1) is 0 Å². The van der Waals surface area contributed by atoms with Gasteiger partial charge in [0.2, 0.25) is 5.89 Å². The summed E-state index contributed by atoms with van der Waals surface area (Å²) in [5, 5.41) is 12.9. The Bertz CT molecular complexity index is 388. The lowest BCUT2D eigenvalue weighted by Gasteiger charge is -2.18. The standard InChI is InChI=1S/C10H15N3O3/c1-6(2)8-11-10(12-16-8)13-5-3-4-7(13)9(14)15/h6-7H,3-5H2,1-2H3,(H,14,15)/t7-/m0/s1. The van der Waals surface area contributed by atoms with E-state index in [-0.39, 0.29) is 5.92 Å². The number of carboxylic acid groups (broad SMARTS) is 1. The SMILES string of the molecule is CC(C)c1nc(N2CCC[C@H]2C(=O)O)no1. The first-order chi connectivity index (χ1) is 7.59. The number of hydrogen-bond donors (Lipinski definition) is 1. The minimum Gasteiger partial charge on any atom is -0.480 e. The highest BCUT2D eigenvalue weighted by Crippen LogP contribution is 2.24. The lowest BCUT2D eigenvalue weighted by Crippen LogP contribution is -2.36. The van der Waals surface area contributed by atoms with Crippen molar-refractivity contribution in [3.05, 3.63) is 5.89 Å². The van der Waals surface area contributed by atoms with Crippen molar-refractivity contribution in [3.63, 3.8) is 0 Å². The van der Waals surface area contributed by atoms with Gasteiger partial charge in [-0.2, -0.15) is 4.98 Å². The molecular formula is C10H15N3O3. The van der Waals surface area contributed by atoms with E-state index in [4.69, 9.17) is 9.63 Å². The number of anilines is 1. The van der Waals surface area contributed by atoms with Crippen molar-refractivity contribution in [2.75, 3.05) is 11.4 Å². The second-order valence-electron chi connectivity index (χ2n) is 4.28. The van der Waals surface area contributed by atoms with Gasteiger partial charge in [-0.25, -0.2) is 4.79 Å². The first kappa shape index (κ1) is 10.9. The van der Waals surface area contributed by atoms with E-state index >= 15 is 0 Å². The predicted molar refractivity (Wildman–Crippen MR) is 56.4 cm³/mol. The van der Waals surface area contributed by atoms with E-state index in [2.05, 4.69) is 10.1 Å². The van der Waals surface area contributed by atoms with Crippen molar-refractivity contribution in [2.45, 2.75) is 38.6 Å². The monoisotopic (exact) mass is 225 g/mol. The molecule has 2 rings (SSSR count).